The molecular formula is C17H31N3. The lowest BCUT2D eigenvalue weighted by molar-refractivity contribution is 0.194. The van der Waals surface area contributed by atoms with Gasteiger partial charge in [0.2, 0.25) is 0 Å². The molecule has 0 unspecified atom stereocenters. The molecule has 1 aliphatic heterocycles. The predicted octanol–water partition coefficient (Wildman–Crippen LogP) is 3.25. The van der Waals surface area contributed by atoms with Crippen LogP contribution < -0.4 is 5.32 Å². The largest absolute Gasteiger partial charge is 0.350 e. The Morgan fingerprint density at radius 1 is 1.15 bits per heavy atom. The zero-order chi connectivity index (χ0) is 14.2. The van der Waals surface area contributed by atoms with E-state index in [0.717, 1.165) is 13.1 Å². The van der Waals surface area contributed by atoms with Crippen LogP contribution in [0.1, 0.15) is 51.6 Å². The first-order valence-corrected chi connectivity index (χ1v) is 8.43. The van der Waals surface area contributed by atoms with E-state index in [0.29, 0.717) is 6.04 Å². The monoisotopic (exact) mass is 277 g/mol. The highest BCUT2D eigenvalue weighted by Crippen LogP contribution is 2.12. The number of piperidine rings is 1. The average Bonchev–Trinajstić information content (AvgIpc) is 2.92. The molecule has 20 heavy (non-hydrogen) atoms. The summed E-state index contributed by atoms with van der Waals surface area (Å²) < 4.78 is 2.38. The van der Waals surface area contributed by atoms with Crippen LogP contribution >= 0.6 is 0 Å². The molecule has 0 spiro atoms. The standard InChI is InChI=1S/C17H31N3/c1-3-5-11-19-13-8-16(9-14-19)18-15-17-7-6-12-20(17)10-4-2/h6-7,12,16,18H,3-5,8-11,13-15H2,1-2H3. The number of nitrogens with one attached hydrogen (secondary N) is 1. The fraction of sp³-hybridized carbons (Fsp3) is 0.765. The molecule has 1 aromatic rings. The Labute approximate surface area is 124 Å². The molecule has 0 bridgehead atoms. The fourth-order valence-corrected chi connectivity index (χ4v) is 3.06. The third kappa shape index (κ3) is 4.64. The molecule has 0 aliphatic carbocycles. The molecule has 0 saturated carbocycles. The van der Waals surface area contributed by atoms with Gasteiger partial charge in [0.1, 0.15) is 0 Å². The highest BCUT2D eigenvalue weighted by Gasteiger charge is 2.18. The van der Waals surface area contributed by atoms with E-state index in [-0.39, 0.29) is 0 Å². The Balaban J connectivity index is 1.69. The first-order valence-electron chi connectivity index (χ1n) is 8.43. The van der Waals surface area contributed by atoms with Crippen molar-refractivity contribution in [1.82, 2.24) is 14.8 Å². The van der Waals surface area contributed by atoms with E-state index in [1.54, 1.807) is 0 Å². The molecule has 1 aromatic heterocycles. The van der Waals surface area contributed by atoms with E-state index in [4.69, 9.17) is 0 Å². The van der Waals surface area contributed by atoms with Crippen LogP contribution in [-0.4, -0.2) is 35.1 Å². The minimum atomic E-state index is 0.706. The molecule has 0 amide bonds. The van der Waals surface area contributed by atoms with Gasteiger partial charge in [-0.3, -0.25) is 0 Å². The van der Waals surface area contributed by atoms with E-state index in [1.807, 2.05) is 0 Å². The van der Waals surface area contributed by atoms with Crippen molar-refractivity contribution in [2.45, 2.75) is 65.1 Å². The van der Waals surface area contributed by atoms with Crippen LogP contribution in [0.2, 0.25) is 0 Å². The molecule has 1 aliphatic rings. The van der Waals surface area contributed by atoms with Crippen molar-refractivity contribution < 1.29 is 0 Å². The zero-order valence-electron chi connectivity index (χ0n) is 13.3. The molecule has 0 radical (unpaired) electrons. The van der Waals surface area contributed by atoms with Gasteiger partial charge in [-0.05, 0) is 57.5 Å². The van der Waals surface area contributed by atoms with Crippen LogP contribution in [0.15, 0.2) is 18.3 Å². The Kier molecular flexibility index (Phi) is 6.61. The maximum absolute atomic E-state index is 3.75. The van der Waals surface area contributed by atoms with Crippen LogP contribution in [0.5, 0.6) is 0 Å². The highest BCUT2D eigenvalue weighted by atomic mass is 15.1. The minimum Gasteiger partial charge on any atom is -0.350 e. The van der Waals surface area contributed by atoms with Crippen molar-refractivity contribution in [2.24, 2.45) is 0 Å². The van der Waals surface area contributed by atoms with Gasteiger partial charge in [-0.15, -0.1) is 0 Å². The molecule has 3 nitrogen and oxygen atoms in total. The lowest BCUT2D eigenvalue weighted by atomic mass is 10.0. The smallest absolute Gasteiger partial charge is 0.0361 e. The van der Waals surface area contributed by atoms with Crippen LogP contribution in [-0.2, 0) is 13.1 Å². The van der Waals surface area contributed by atoms with Gasteiger partial charge in [-0.25, -0.2) is 0 Å². The maximum Gasteiger partial charge on any atom is 0.0361 e. The second-order valence-corrected chi connectivity index (χ2v) is 6.04. The highest BCUT2D eigenvalue weighted by molar-refractivity contribution is 5.07. The van der Waals surface area contributed by atoms with Crippen molar-refractivity contribution in [3.05, 3.63) is 24.0 Å². The summed E-state index contributed by atoms with van der Waals surface area (Å²) in [5, 5.41) is 3.75. The van der Waals surface area contributed by atoms with Gasteiger partial charge < -0.3 is 14.8 Å². The quantitative estimate of drug-likeness (QED) is 0.787. The predicted molar refractivity (Wildman–Crippen MR) is 85.9 cm³/mol. The summed E-state index contributed by atoms with van der Waals surface area (Å²) in [5.41, 5.74) is 1.43. The molecule has 3 heteroatoms. The van der Waals surface area contributed by atoms with E-state index >= 15 is 0 Å². The van der Waals surface area contributed by atoms with E-state index in [9.17, 15) is 0 Å². The molecule has 1 N–H and O–H groups in total. The Hall–Kier alpha value is -0.800. The maximum atomic E-state index is 3.75. The van der Waals surface area contributed by atoms with Crippen molar-refractivity contribution in [3.63, 3.8) is 0 Å². The number of aryl methyl sites for hydroxylation is 1. The number of hydrogen-bond acceptors (Lipinski definition) is 2. The molecule has 2 rings (SSSR count). The minimum absolute atomic E-state index is 0.706. The number of aromatic nitrogens is 1. The van der Waals surface area contributed by atoms with Crippen molar-refractivity contribution in [3.8, 4) is 0 Å². The summed E-state index contributed by atoms with van der Waals surface area (Å²) in [4.78, 5) is 2.63. The fourth-order valence-electron chi connectivity index (χ4n) is 3.06. The van der Waals surface area contributed by atoms with Crippen LogP contribution in [0.25, 0.3) is 0 Å². The summed E-state index contributed by atoms with van der Waals surface area (Å²) in [6.45, 7) is 10.5. The van der Waals surface area contributed by atoms with E-state index in [1.165, 1.54) is 57.4 Å². The summed E-state index contributed by atoms with van der Waals surface area (Å²) in [7, 11) is 0. The number of nitrogens with zero attached hydrogens (tertiary/aromatic N) is 2. The van der Waals surface area contributed by atoms with Gasteiger partial charge >= 0.3 is 0 Å². The Morgan fingerprint density at radius 2 is 1.95 bits per heavy atom. The summed E-state index contributed by atoms with van der Waals surface area (Å²) in [6, 6.07) is 5.12. The van der Waals surface area contributed by atoms with E-state index in [2.05, 4.69) is 47.0 Å². The van der Waals surface area contributed by atoms with Crippen LogP contribution in [0.4, 0.5) is 0 Å². The van der Waals surface area contributed by atoms with Gasteiger partial charge in [0.15, 0.2) is 0 Å². The van der Waals surface area contributed by atoms with E-state index < -0.39 is 0 Å². The Bertz CT molecular complexity index is 364. The van der Waals surface area contributed by atoms with Gasteiger partial charge in [0, 0.05) is 31.0 Å². The second-order valence-electron chi connectivity index (χ2n) is 6.04. The number of likely N-dealkylation sites (tertiary alicyclic amines) is 1. The Morgan fingerprint density at radius 3 is 2.65 bits per heavy atom. The molecule has 2 heterocycles. The number of unbranched alkanes of at least 4 members (excludes halogenated alkanes) is 1. The van der Waals surface area contributed by atoms with Gasteiger partial charge in [0.05, 0.1) is 0 Å². The molecular weight excluding hydrogens is 246 g/mol. The normalized spacial score (nSPS) is 17.7. The topological polar surface area (TPSA) is 20.2 Å². The molecule has 1 fully saturated rings. The lowest BCUT2D eigenvalue weighted by Gasteiger charge is -2.32. The van der Waals surface area contributed by atoms with Crippen molar-refractivity contribution in [1.29, 1.82) is 0 Å². The summed E-state index contributed by atoms with van der Waals surface area (Å²) in [6.07, 6.45) is 8.68. The van der Waals surface area contributed by atoms with Gasteiger partial charge in [-0.1, -0.05) is 20.3 Å². The molecule has 1 saturated heterocycles. The van der Waals surface area contributed by atoms with Crippen LogP contribution in [0, 0.1) is 0 Å². The molecule has 114 valence electrons. The van der Waals surface area contributed by atoms with Gasteiger partial charge in [0.25, 0.3) is 0 Å². The molecule has 0 aromatic carbocycles. The van der Waals surface area contributed by atoms with Crippen molar-refractivity contribution in [2.75, 3.05) is 19.6 Å². The average molecular weight is 277 g/mol. The zero-order valence-corrected chi connectivity index (χ0v) is 13.3. The second kappa shape index (κ2) is 8.48. The first kappa shape index (κ1) is 15.6. The third-order valence-corrected chi connectivity index (χ3v) is 4.38. The SMILES string of the molecule is CCCCN1CCC(NCc2cccn2CCC)CC1. The first-order chi connectivity index (χ1) is 9.83. The number of rotatable bonds is 8. The van der Waals surface area contributed by atoms with Crippen molar-refractivity contribution >= 4 is 0 Å². The molecule has 0 atom stereocenters. The summed E-state index contributed by atoms with van der Waals surface area (Å²) >= 11 is 0. The number of hydrogen-bond donors (Lipinski definition) is 1. The third-order valence-electron chi connectivity index (χ3n) is 4.38. The lowest BCUT2D eigenvalue weighted by Crippen LogP contribution is -2.42. The van der Waals surface area contributed by atoms with Crippen LogP contribution in [0.3, 0.4) is 0 Å². The van der Waals surface area contributed by atoms with Gasteiger partial charge in [-0.2, -0.15) is 0 Å². The summed E-state index contributed by atoms with van der Waals surface area (Å²) in [5.74, 6) is 0.